The Morgan fingerprint density at radius 3 is 2.62 bits per heavy atom. The monoisotopic (exact) mass is 234 g/mol. The molecule has 0 bridgehead atoms. The van der Waals surface area contributed by atoms with Crippen LogP contribution < -0.4 is 0 Å². The van der Waals surface area contributed by atoms with Gasteiger partial charge in [0.05, 0.1) is 5.69 Å². The fraction of sp³-hybridized carbons (Fsp3) is 0.462. The SMILES string of the molecule is CCN1CCSC1=Nc1c(C)cccc1C. The van der Waals surface area contributed by atoms with Crippen molar-refractivity contribution in [1.29, 1.82) is 0 Å². The summed E-state index contributed by atoms with van der Waals surface area (Å²) in [5, 5.41) is 1.18. The van der Waals surface area contributed by atoms with Crippen LogP contribution in [-0.4, -0.2) is 28.9 Å². The van der Waals surface area contributed by atoms with Crippen molar-refractivity contribution in [2.75, 3.05) is 18.8 Å². The maximum absolute atomic E-state index is 4.81. The van der Waals surface area contributed by atoms with E-state index < -0.39 is 0 Å². The Bertz CT molecular complexity index is 392. The van der Waals surface area contributed by atoms with E-state index in [4.69, 9.17) is 4.99 Å². The standard InChI is InChI=1S/C13H18N2S/c1-4-15-8-9-16-13(15)14-12-10(2)6-5-7-11(12)3/h5-7H,4,8-9H2,1-3H3. The number of benzene rings is 1. The van der Waals surface area contributed by atoms with Gasteiger partial charge in [0, 0.05) is 18.8 Å². The molecule has 0 unspecified atom stereocenters. The first-order chi connectivity index (χ1) is 7.72. The third-order valence-electron chi connectivity index (χ3n) is 2.89. The molecule has 2 nitrogen and oxygen atoms in total. The van der Waals surface area contributed by atoms with Gasteiger partial charge in [0.15, 0.2) is 5.17 Å². The van der Waals surface area contributed by atoms with Gasteiger partial charge >= 0.3 is 0 Å². The third kappa shape index (κ3) is 2.24. The predicted octanol–water partition coefficient (Wildman–Crippen LogP) is 3.36. The van der Waals surface area contributed by atoms with E-state index in [-0.39, 0.29) is 0 Å². The number of aliphatic imine (C=N–C) groups is 1. The van der Waals surface area contributed by atoms with Gasteiger partial charge in [-0.3, -0.25) is 0 Å². The molecule has 16 heavy (non-hydrogen) atoms. The number of rotatable bonds is 2. The second kappa shape index (κ2) is 4.91. The molecule has 0 aromatic heterocycles. The van der Waals surface area contributed by atoms with Crippen molar-refractivity contribution >= 4 is 22.6 Å². The molecule has 0 saturated carbocycles. The number of hydrogen-bond acceptors (Lipinski definition) is 2. The van der Waals surface area contributed by atoms with E-state index in [1.807, 2.05) is 11.8 Å². The van der Waals surface area contributed by atoms with Crippen molar-refractivity contribution in [3.05, 3.63) is 29.3 Å². The minimum absolute atomic E-state index is 1.05. The first-order valence-corrected chi connectivity index (χ1v) is 6.73. The van der Waals surface area contributed by atoms with Gasteiger partial charge in [0.1, 0.15) is 0 Å². The average Bonchev–Trinajstić information content (AvgIpc) is 2.71. The quantitative estimate of drug-likeness (QED) is 0.779. The Morgan fingerprint density at radius 2 is 2.00 bits per heavy atom. The first kappa shape index (κ1) is 11.5. The largest absolute Gasteiger partial charge is 0.351 e. The Labute approximate surface area is 102 Å². The zero-order valence-electron chi connectivity index (χ0n) is 10.2. The lowest BCUT2D eigenvalue weighted by Gasteiger charge is -2.15. The number of aryl methyl sites for hydroxylation is 2. The number of para-hydroxylation sites is 1. The molecule has 0 spiro atoms. The van der Waals surface area contributed by atoms with Crippen LogP contribution in [0.25, 0.3) is 0 Å². The summed E-state index contributed by atoms with van der Waals surface area (Å²) in [6.45, 7) is 8.62. The fourth-order valence-corrected chi connectivity index (χ4v) is 2.96. The molecule has 2 rings (SSSR count). The molecule has 0 atom stereocenters. The number of thioether (sulfide) groups is 1. The first-order valence-electron chi connectivity index (χ1n) is 5.75. The average molecular weight is 234 g/mol. The van der Waals surface area contributed by atoms with E-state index >= 15 is 0 Å². The van der Waals surface area contributed by atoms with E-state index in [1.165, 1.54) is 16.3 Å². The van der Waals surface area contributed by atoms with Gasteiger partial charge in [0.2, 0.25) is 0 Å². The van der Waals surface area contributed by atoms with Crippen molar-refractivity contribution in [1.82, 2.24) is 4.90 Å². The summed E-state index contributed by atoms with van der Waals surface area (Å²) in [4.78, 5) is 7.16. The second-order valence-corrected chi connectivity index (χ2v) is 5.12. The zero-order chi connectivity index (χ0) is 11.5. The van der Waals surface area contributed by atoms with Crippen LogP contribution >= 0.6 is 11.8 Å². The Balaban J connectivity index is 2.35. The van der Waals surface area contributed by atoms with Gasteiger partial charge < -0.3 is 4.90 Å². The molecule has 0 radical (unpaired) electrons. The summed E-state index contributed by atoms with van der Waals surface area (Å²) in [6, 6.07) is 6.35. The smallest absolute Gasteiger partial charge is 0.164 e. The molecule has 1 aromatic rings. The fourth-order valence-electron chi connectivity index (χ4n) is 1.91. The maximum atomic E-state index is 4.81. The molecule has 1 aromatic carbocycles. The molecule has 3 heteroatoms. The van der Waals surface area contributed by atoms with E-state index in [2.05, 4.69) is 43.9 Å². The van der Waals surface area contributed by atoms with E-state index in [0.717, 1.165) is 24.5 Å². The van der Waals surface area contributed by atoms with Gasteiger partial charge in [-0.15, -0.1) is 0 Å². The summed E-state index contributed by atoms with van der Waals surface area (Å²) >= 11 is 1.86. The van der Waals surface area contributed by atoms with Crippen LogP contribution in [0.4, 0.5) is 5.69 Å². The minimum Gasteiger partial charge on any atom is -0.351 e. The van der Waals surface area contributed by atoms with Gasteiger partial charge in [-0.1, -0.05) is 30.0 Å². The topological polar surface area (TPSA) is 15.6 Å². The van der Waals surface area contributed by atoms with Crippen LogP contribution in [0.5, 0.6) is 0 Å². The van der Waals surface area contributed by atoms with Gasteiger partial charge in [-0.05, 0) is 31.9 Å². The summed E-state index contributed by atoms with van der Waals surface area (Å²) < 4.78 is 0. The van der Waals surface area contributed by atoms with Crippen LogP contribution in [0.15, 0.2) is 23.2 Å². The highest BCUT2D eigenvalue weighted by Gasteiger charge is 2.17. The molecular formula is C13H18N2S. The lowest BCUT2D eigenvalue weighted by atomic mass is 10.1. The van der Waals surface area contributed by atoms with Crippen LogP contribution in [0.3, 0.4) is 0 Å². The lowest BCUT2D eigenvalue weighted by Crippen LogP contribution is -2.23. The normalized spacial score (nSPS) is 18.4. The molecule has 1 saturated heterocycles. The zero-order valence-corrected chi connectivity index (χ0v) is 11.0. The Morgan fingerprint density at radius 1 is 1.31 bits per heavy atom. The highest BCUT2D eigenvalue weighted by molar-refractivity contribution is 8.14. The summed E-state index contributed by atoms with van der Waals surface area (Å²) in [7, 11) is 0. The van der Waals surface area contributed by atoms with Crippen molar-refractivity contribution in [2.45, 2.75) is 20.8 Å². The molecular weight excluding hydrogens is 216 g/mol. The molecule has 1 aliphatic rings. The van der Waals surface area contributed by atoms with Crippen LogP contribution in [-0.2, 0) is 0 Å². The molecule has 0 N–H and O–H groups in total. The predicted molar refractivity (Wildman–Crippen MR) is 72.7 cm³/mol. The molecule has 1 aliphatic heterocycles. The van der Waals surface area contributed by atoms with Crippen LogP contribution in [0.1, 0.15) is 18.1 Å². The van der Waals surface area contributed by atoms with Crippen molar-refractivity contribution in [3.63, 3.8) is 0 Å². The molecule has 0 aliphatic carbocycles. The summed E-state index contributed by atoms with van der Waals surface area (Å²) in [6.07, 6.45) is 0. The van der Waals surface area contributed by atoms with Gasteiger partial charge in [-0.2, -0.15) is 0 Å². The van der Waals surface area contributed by atoms with Gasteiger partial charge in [0.25, 0.3) is 0 Å². The van der Waals surface area contributed by atoms with E-state index in [9.17, 15) is 0 Å². The molecule has 1 heterocycles. The van der Waals surface area contributed by atoms with Crippen molar-refractivity contribution in [3.8, 4) is 0 Å². The molecule has 0 amide bonds. The Kier molecular flexibility index (Phi) is 3.54. The summed E-state index contributed by atoms with van der Waals surface area (Å²) in [5.74, 6) is 1.16. The minimum atomic E-state index is 1.05. The highest BCUT2D eigenvalue weighted by Crippen LogP contribution is 2.27. The highest BCUT2D eigenvalue weighted by atomic mass is 32.2. The maximum Gasteiger partial charge on any atom is 0.164 e. The van der Waals surface area contributed by atoms with Crippen molar-refractivity contribution in [2.24, 2.45) is 4.99 Å². The van der Waals surface area contributed by atoms with Crippen molar-refractivity contribution < 1.29 is 0 Å². The molecule has 1 fully saturated rings. The number of hydrogen-bond donors (Lipinski definition) is 0. The van der Waals surface area contributed by atoms with Crippen LogP contribution in [0, 0.1) is 13.8 Å². The van der Waals surface area contributed by atoms with Crippen LogP contribution in [0.2, 0.25) is 0 Å². The lowest BCUT2D eigenvalue weighted by molar-refractivity contribution is 0.489. The number of amidine groups is 1. The van der Waals surface area contributed by atoms with E-state index in [1.54, 1.807) is 0 Å². The summed E-state index contributed by atoms with van der Waals surface area (Å²) in [5.41, 5.74) is 3.66. The van der Waals surface area contributed by atoms with Gasteiger partial charge in [-0.25, -0.2) is 4.99 Å². The second-order valence-electron chi connectivity index (χ2n) is 4.06. The Hall–Kier alpha value is -0.960. The third-order valence-corrected chi connectivity index (χ3v) is 3.89. The molecule has 86 valence electrons. The number of nitrogens with zero attached hydrogens (tertiary/aromatic N) is 2. The van der Waals surface area contributed by atoms with E-state index in [0.29, 0.717) is 0 Å².